The minimum Gasteiger partial charge on any atom is -0.300 e. The molecule has 1 aromatic carbocycles. The molecule has 104 valence electrons. The number of hydrogen-bond donors (Lipinski definition) is 2. The van der Waals surface area contributed by atoms with E-state index in [4.69, 9.17) is 0 Å². The molecule has 0 radical (unpaired) electrons. The van der Waals surface area contributed by atoms with E-state index in [-0.39, 0.29) is 0 Å². The Hall–Kier alpha value is -0.940. The van der Waals surface area contributed by atoms with Crippen LogP contribution in [0, 0.1) is 0 Å². The van der Waals surface area contributed by atoms with Crippen LogP contribution in [-0.2, 0) is 6.54 Å². The van der Waals surface area contributed by atoms with E-state index >= 15 is 0 Å². The highest BCUT2D eigenvalue weighted by Crippen LogP contribution is 2.18. The fraction of sp³-hybridized carbons (Fsp3) is 0.600. The number of fused-ring (bicyclic) bond motifs is 1. The van der Waals surface area contributed by atoms with Gasteiger partial charge in [0.15, 0.2) is 0 Å². The van der Waals surface area contributed by atoms with Crippen molar-refractivity contribution < 1.29 is 0 Å². The van der Waals surface area contributed by atoms with E-state index in [1.54, 1.807) is 0 Å². The summed E-state index contributed by atoms with van der Waals surface area (Å²) in [4.78, 5) is 5.07. The van der Waals surface area contributed by atoms with Gasteiger partial charge in [-0.1, -0.05) is 30.3 Å². The van der Waals surface area contributed by atoms with Crippen molar-refractivity contribution in [2.45, 2.75) is 25.4 Å². The molecule has 0 saturated carbocycles. The van der Waals surface area contributed by atoms with Crippen LogP contribution in [-0.4, -0.2) is 48.9 Å². The minimum absolute atomic E-state index is 0.758. The summed E-state index contributed by atoms with van der Waals surface area (Å²) < 4.78 is 0. The van der Waals surface area contributed by atoms with Gasteiger partial charge in [-0.25, -0.2) is 0 Å². The van der Waals surface area contributed by atoms with E-state index < -0.39 is 0 Å². The first kappa shape index (κ1) is 13.1. The van der Waals surface area contributed by atoms with Gasteiger partial charge in [0.1, 0.15) is 0 Å². The lowest BCUT2D eigenvalue weighted by atomic mass is 10.2. The van der Waals surface area contributed by atoms with Crippen LogP contribution in [0.3, 0.4) is 0 Å². The summed E-state index contributed by atoms with van der Waals surface area (Å²) in [5, 5.41) is 7.08. The van der Waals surface area contributed by atoms with Crippen LogP contribution >= 0.6 is 0 Å². The molecule has 2 heterocycles. The van der Waals surface area contributed by atoms with Crippen LogP contribution in [0.5, 0.6) is 0 Å². The first-order chi connectivity index (χ1) is 9.42. The Morgan fingerprint density at radius 1 is 1.21 bits per heavy atom. The molecule has 0 aromatic heterocycles. The Bertz CT molecular complexity index is 381. The molecule has 4 heteroatoms. The van der Waals surface area contributed by atoms with Gasteiger partial charge < -0.3 is 5.32 Å². The molecular weight excluding hydrogens is 236 g/mol. The zero-order valence-electron chi connectivity index (χ0n) is 11.5. The Balaban J connectivity index is 1.44. The fourth-order valence-electron chi connectivity index (χ4n) is 3.10. The molecule has 19 heavy (non-hydrogen) atoms. The molecule has 2 saturated heterocycles. The SMILES string of the molecule is c1ccc(CNCN2CNCN3CCCC3C2)cc1. The van der Waals surface area contributed by atoms with E-state index in [9.17, 15) is 0 Å². The van der Waals surface area contributed by atoms with Gasteiger partial charge in [-0.3, -0.25) is 15.1 Å². The number of nitrogens with one attached hydrogen (secondary N) is 2. The summed E-state index contributed by atoms with van der Waals surface area (Å²) in [6, 6.07) is 11.4. The third-order valence-corrected chi connectivity index (χ3v) is 4.13. The largest absolute Gasteiger partial charge is 0.300 e. The average Bonchev–Trinajstić information content (AvgIpc) is 2.79. The van der Waals surface area contributed by atoms with Crippen molar-refractivity contribution in [3.05, 3.63) is 35.9 Å². The summed E-state index contributed by atoms with van der Waals surface area (Å²) in [5.41, 5.74) is 1.35. The quantitative estimate of drug-likeness (QED) is 0.846. The third-order valence-electron chi connectivity index (χ3n) is 4.13. The van der Waals surface area contributed by atoms with Crippen LogP contribution in [0.2, 0.25) is 0 Å². The number of nitrogens with zero attached hydrogens (tertiary/aromatic N) is 2. The Morgan fingerprint density at radius 2 is 2.11 bits per heavy atom. The highest BCUT2D eigenvalue weighted by Gasteiger charge is 2.28. The minimum atomic E-state index is 0.758. The lowest BCUT2D eigenvalue weighted by molar-refractivity contribution is 0.209. The van der Waals surface area contributed by atoms with Gasteiger partial charge in [0.05, 0.1) is 6.67 Å². The molecule has 0 amide bonds. The van der Waals surface area contributed by atoms with E-state index in [1.807, 2.05) is 0 Å². The summed E-state index contributed by atoms with van der Waals surface area (Å²) in [5.74, 6) is 0. The van der Waals surface area contributed by atoms with Crippen molar-refractivity contribution >= 4 is 0 Å². The maximum atomic E-state index is 3.55. The predicted molar refractivity (Wildman–Crippen MR) is 77.5 cm³/mol. The zero-order chi connectivity index (χ0) is 12.9. The first-order valence-electron chi connectivity index (χ1n) is 7.33. The molecule has 1 atom stereocenters. The van der Waals surface area contributed by atoms with Crippen molar-refractivity contribution in [3.8, 4) is 0 Å². The molecule has 2 aliphatic rings. The second-order valence-electron chi connectivity index (χ2n) is 5.60. The molecule has 2 N–H and O–H groups in total. The van der Waals surface area contributed by atoms with Crippen LogP contribution in [0.4, 0.5) is 0 Å². The molecule has 2 aliphatic heterocycles. The molecule has 0 bridgehead atoms. The number of rotatable bonds is 4. The predicted octanol–water partition coefficient (Wildman–Crippen LogP) is 1.02. The topological polar surface area (TPSA) is 30.5 Å². The summed E-state index contributed by atoms with van der Waals surface area (Å²) in [7, 11) is 0. The smallest absolute Gasteiger partial charge is 0.0503 e. The molecule has 4 nitrogen and oxygen atoms in total. The molecule has 0 aliphatic carbocycles. The zero-order valence-corrected chi connectivity index (χ0v) is 11.5. The van der Waals surface area contributed by atoms with E-state index in [0.29, 0.717) is 0 Å². The van der Waals surface area contributed by atoms with Crippen molar-refractivity contribution in [2.75, 3.05) is 33.1 Å². The second-order valence-corrected chi connectivity index (χ2v) is 5.60. The standard InChI is InChI=1S/C15H24N4/c1-2-5-14(6-3-1)9-16-11-18-10-15-7-4-8-19(15)13-17-12-18/h1-3,5-6,15-17H,4,7-13H2. The first-order valence-corrected chi connectivity index (χ1v) is 7.33. The Morgan fingerprint density at radius 3 is 3.00 bits per heavy atom. The van der Waals surface area contributed by atoms with Crippen LogP contribution in [0.1, 0.15) is 18.4 Å². The van der Waals surface area contributed by atoms with Crippen molar-refractivity contribution in [1.29, 1.82) is 0 Å². The Labute approximate surface area is 115 Å². The molecule has 0 spiro atoms. The molecular formula is C15H24N4. The summed E-state index contributed by atoms with van der Waals surface area (Å²) in [6.07, 6.45) is 2.72. The average molecular weight is 260 g/mol. The summed E-state index contributed by atoms with van der Waals surface area (Å²) in [6.45, 7) is 6.42. The van der Waals surface area contributed by atoms with Gasteiger partial charge >= 0.3 is 0 Å². The van der Waals surface area contributed by atoms with Crippen molar-refractivity contribution in [1.82, 2.24) is 20.4 Å². The van der Waals surface area contributed by atoms with E-state index in [2.05, 4.69) is 50.8 Å². The van der Waals surface area contributed by atoms with E-state index in [0.717, 1.165) is 32.6 Å². The molecule has 1 unspecified atom stereocenters. The van der Waals surface area contributed by atoms with Crippen molar-refractivity contribution in [2.24, 2.45) is 0 Å². The van der Waals surface area contributed by atoms with Gasteiger partial charge in [-0.2, -0.15) is 0 Å². The van der Waals surface area contributed by atoms with Crippen LogP contribution < -0.4 is 10.6 Å². The summed E-state index contributed by atoms with van der Waals surface area (Å²) >= 11 is 0. The van der Waals surface area contributed by atoms with Gasteiger partial charge in [0.2, 0.25) is 0 Å². The molecule has 2 fully saturated rings. The molecule has 1 aromatic rings. The number of benzene rings is 1. The van der Waals surface area contributed by atoms with Gasteiger partial charge in [-0.15, -0.1) is 0 Å². The maximum Gasteiger partial charge on any atom is 0.0503 e. The van der Waals surface area contributed by atoms with Gasteiger partial charge in [-0.05, 0) is 24.9 Å². The maximum absolute atomic E-state index is 3.55. The third kappa shape index (κ3) is 3.54. The monoisotopic (exact) mass is 260 g/mol. The van der Waals surface area contributed by atoms with Gasteiger partial charge in [0.25, 0.3) is 0 Å². The van der Waals surface area contributed by atoms with Crippen LogP contribution in [0.25, 0.3) is 0 Å². The number of hydrogen-bond acceptors (Lipinski definition) is 4. The fourth-order valence-corrected chi connectivity index (χ4v) is 3.10. The van der Waals surface area contributed by atoms with E-state index in [1.165, 1.54) is 31.5 Å². The highest BCUT2D eigenvalue weighted by atomic mass is 15.4. The lowest BCUT2D eigenvalue weighted by Gasteiger charge is -2.24. The Kier molecular flexibility index (Phi) is 4.45. The van der Waals surface area contributed by atoms with Crippen LogP contribution in [0.15, 0.2) is 30.3 Å². The van der Waals surface area contributed by atoms with Crippen molar-refractivity contribution in [3.63, 3.8) is 0 Å². The highest BCUT2D eigenvalue weighted by molar-refractivity contribution is 5.14. The molecule has 3 rings (SSSR count). The van der Waals surface area contributed by atoms with Gasteiger partial charge in [0, 0.05) is 32.5 Å². The lowest BCUT2D eigenvalue weighted by Crippen LogP contribution is -2.41. The normalized spacial score (nSPS) is 25.2. The second kappa shape index (κ2) is 6.48.